The van der Waals surface area contributed by atoms with Crippen LogP contribution in [0.2, 0.25) is 0 Å². The number of hydrogen-bond acceptors (Lipinski definition) is 4. The molecule has 2 aliphatic rings. The molecular formula is C14H30N2O2. The van der Waals surface area contributed by atoms with E-state index in [0.29, 0.717) is 24.3 Å². The molecule has 0 aliphatic carbocycles. The molecule has 4 heteroatoms. The fourth-order valence-electron chi connectivity index (χ4n) is 2.05. The molecule has 2 fully saturated rings. The van der Waals surface area contributed by atoms with Gasteiger partial charge in [0.15, 0.2) is 0 Å². The third-order valence-corrected chi connectivity index (χ3v) is 3.93. The number of nitrogens with zero attached hydrogens (tertiary/aromatic N) is 1. The zero-order chi connectivity index (χ0) is 13.5. The summed E-state index contributed by atoms with van der Waals surface area (Å²) >= 11 is 0. The van der Waals surface area contributed by atoms with Gasteiger partial charge in [0.1, 0.15) is 0 Å². The maximum absolute atomic E-state index is 5.57. The Morgan fingerprint density at radius 2 is 1.94 bits per heavy atom. The van der Waals surface area contributed by atoms with Crippen LogP contribution in [0.25, 0.3) is 0 Å². The molecular weight excluding hydrogens is 228 g/mol. The molecule has 4 atom stereocenters. The minimum Gasteiger partial charge on any atom is -0.376 e. The van der Waals surface area contributed by atoms with Crippen molar-refractivity contribution in [2.24, 2.45) is 0 Å². The molecule has 0 saturated carbocycles. The zero-order valence-electron chi connectivity index (χ0n) is 12.6. The Bertz CT molecular complexity index is 216. The summed E-state index contributed by atoms with van der Waals surface area (Å²) in [7, 11) is 2.16. The van der Waals surface area contributed by atoms with E-state index in [9.17, 15) is 0 Å². The smallest absolute Gasteiger partial charge is 0.0700 e. The van der Waals surface area contributed by atoms with E-state index in [1.54, 1.807) is 0 Å². The molecule has 4 unspecified atom stereocenters. The fraction of sp³-hybridized carbons (Fsp3) is 1.00. The van der Waals surface area contributed by atoms with Gasteiger partial charge in [0, 0.05) is 25.2 Å². The predicted octanol–water partition coefficient (Wildman–Crippen LogP) is 1.50. The van der Waals surface area contributed by atoms with Gasteiger partial charge in [0.2, 0.25) is 0 Å². The van der Waals surface area contributed by atoms with Crippen molar-refractivity contribution < 1.29 is 9.47 Å². The van der Waals surface area contributed by atoms with E-state index in [0.717, 1.165) is 32.7 Å². The molecule has 0 aromatic heterocycles. The average Bonchev–Trinajstić information content (AvgIpc) is 2.37. The molecule has 0 aromatic carbocycles. The molecule has 18 heavy (non-hydrogen) atoms. The van der Waals surface area contributed by atoms with E-state index < -0.39 is 0 Å². The largest absolute Gasteiger partial charge is 0.376 e. The second-order valence-electron chi connectivity index (χ2n) is 5.47. The van der Waals surface area contributed by atoms with Crippen molar-refractivity contribution in [2.75, 3.05) is 33.4 Å². The Morgan fingerprint density at radius 1 is 1.22 bits per heavy atom. The predicted molar refractivity (Wildman–Crippen MR) is 75.0 cm³/mol. The van der Waals surface area contributed by atoms with Crippen molar-refractivity contribution in [1.29, 1.82) is 0 Å². The molecule has 0 spiro atoms. The summed E-state index contributed by atoms with van der Waals surface area (Å²) in [4.78, 5) is 2.36. The number of rotatable bonds is 1. The van der Waals surface area contributed by atoms with Crippen LogP contribution in [0.15, 0.2) is 0 Å². The first kappa shape index (κ1) is 15.9. The lowest BCUT2D eigenvalue weighted by atomic mass is 10.2. The molecule has 2 saturated heterocycles. The van der Waals surface area contributed by atoms with Gasteiger partial charge in [-0.3, -0.25) is 4.90 Å². The molecule has 2 aliphatic heterocycles. The number of likely N-dealkylation sites (N-methyl/N-ethyl adjacent to an activating group) is 1. The van der Waals surface area contributed by atoms with Crippen LogP contribution in [0.1, 0.15) is 34.1 Å². The van der Waals surface area contributed by atoms with E-state index in [1.807, 2.05) is 0 Å². The number of ether oxygens (including phenoxy) is 2. The van der Waals surface area contributed by atoms with Gasteiger partial charge in [0.05, 0.1) is 25.4 Å². The van der Waals surface area contributed by atoms with Crippen molar-refractivity contribution in [3.8, 4) is 0 Å². The lowest BCUT2D eigenvalue weighted by molar-refractivity contribution is -0.0492. The summed E-state index contributed by atoms with van der Waals surface area (Å²) < 4.78 is 10.9. The van der Waals surface area contributed by atoms with Crippen molar-refractivity contribution in [3.05, 3.63) is 0 Å². The normalized spacial score (nSPS) is 37.8. The van der Waals surface area contributed by atoms with Gasteiger partial charge in [-0.1, -0.05) is 6.92 Å². The summed E-state index contributed by atoms with van der Waals surface area (Å²) in [6.45, 7) is 12.5. The lowest BCUT2D eigenvalue weighted by Gasteiger charge is -2.34. The first-order valence-electron chi connectivity index (χ1n) is 7.21. The van der Waals surface area contributed by atoms with Gasteiger partial charge >= 0.3 is 0 Å². The minimum absolute atomic E-state index is 0.392. The molecule has 2 rings (SSSR count). The van der Waals surface area contributed by atoms with E-state index in [-0.39, 0.29) is 0 Å². The van der Waals surface area contributed by atoms with Gasteiger partial charge in [-0.15, -0.1) is 0 Å². The second kappa shape index (κ2) is 8.10. The Balaban J connectivity index is 0.000000184. The van der Waals surface area contributed by atoms with Crippen LogP contribution < -0.4 is 5.32 Å². The van der Waals surface area contributed by atoms with Crippen LogP contribution in [-0.4, -0.2) is 62.5 Å². The highest BCUT2D eigenvalue weighted by Gasteiger charge is 2.21. The lowest BCUT2D eigenvalue weighted by Crippen LogP contribution is -2.45. The highest BCUT2D eigenvalue weighted by atomic mass is 16.5. The van der Waals surface area contributed by atoms with Gasteiger partial charge < -0.3 is 14.8 Å². The average molecular weight is 258 g/mol. The Kier molecular flexibility index (Phi) is 7.15. The van der Waals surface area contributed by atoms with Crippen LogP contribution in [-0.2, 0) is 9.47 Å². The second-order valence-corrected chi connectivity index (χ2v) is 5.47. The Labute approximate surface area is 112 Å². The monoisotopic (exact) mass is 258 g/mol. The number of nitrogens with one attached hydrogen (secondary N) is 1. The maximum Gasteiger partial charge on any atom is 0.0700 e. The Hall–Kier alpha value is -0.160. The summed E-state index contributed by atoms with van der Waals surface area (Å²) in [5, 5.41) is 3.31. The minimum atomic E-state index is 0.392. The van der Waals surface area contributed by atoms with Crippen molar-refractivity contribution in [1.82, 2.24) is 10.2 Å². The van der Waals surface area contributed by atoms with Crippen molar-refractivity contribution in [2.45, 2.75) is 58.4 Å². The molecule has 1 N–H and O–H groups in total. The van der Waals surface area contributed by atoms with Crippen LogP contribution in [0.4, 0.5) is 0 Å². The van der Waals surface area contributed by atoms with Crippen LogP contribution in [0.5, 0.6) is 0 Å². The van der Waals surface area contributed by atoms with E-state index in [4.69, 9.17) is 9.47 Å². The molecule has 0 aromatic rings. The molecule has 108 valence electrons. The summed E-state index contributed by atoms with van der Waals surface area (Å²) in [5.41, 5.74) is 0. The van der Waals surface area contributed by atoms with Gasteiger partial charge in [0.25, 0.3) is 0 Å². The van der Waals surface area contributed by atoms with Crippen molar-refractivity contribution >= 4 is 0 Å². The summed E-state index contributed by atoms with van der Waals surface area (Å²) in [6, 6.07) is 1.13. The molecule has 0 radical (unpaired) electrons. The van der Waals surface area contributed by atoms with E-state index in [2.05, 4.69) is 45.0 Å². The van der Waals surface area contributed by atoms with Crippen molar-refractivity contribution in [3.63, 3.8) is 0 Å². The van der Waals surface area contributed by atoms with E-state index in [1.165, 1.54) is 0 Å². The van der Waals surface area contributed by atoms with Crippen LogP contribution in [0.3, 0.4) is 0 Å². The standard InChI is InChI=1S/C8H17NO.C6H13NO/c1-4-8-5-9(3)7(2)6-10-8;1-5-6(2)8-4-3-7-5/h7-8H,4-6H2,1-3H3;5-7H,3-4H2,1-2H3. The molecule has 0 amide bonds. The molecule has 4 nitrogen and oxygen atoms in total. The third kappa shape index (κ3) is 5.22. The van der Waals surface area contributed by atoms with Gasteiger partial charge in [-0.05, 0) is 34.2 Å². The first-order chi connectivity index (χ1) is 8.54. The fourth-order valence-corrected chi connectivity index (χ4v) is 2.05. The van der Waals surface area contributed by atoms with Gasteiger partial charge in [-0.2, -0.15) is 0 Å². The number of morpholine rings is 2. The zero-order valence-corrected chi connectivity index (χ0v) is 12.6. The SMILES string of the molecule is CC1NCCOC1C.CCC1CN(C)C(C)CO1. The molecule has 0 bridgehead atoms. The first-order valence-corrected chi connectivity index (χ1v) is 7.21. The Morgan fingerprint density at radius 3 is 2.39 bits per heavy atom. The summed E-state index contributed by atoms with van der Waals surface area (Å²) in [5.74, 6) is 0. The number of hydrogen-bond donors (Lipinski definition) is 1. The maximum atomic E-state index is 5.57. The quantitative estimate of drug-likeness (QED) is 0.773. The highest BCUT2D eigenvalue weighted by molar-refractivity contribution is 4.73. The molecule has 2 heterocycles. The van der Waals surface area contributed by atoms with E-state index >= 15 is 0 Å². The van der Waals surface area contributed by atoms with Gasteiger partial charge in [-0.25, -0.2) is 0 Å². The highest BCUT2D eigenvalue weighted by Crippen LogP contribution is 2.10. The third-order valence-electron chi connectivity index (χ3n) is 3.93. The van der Waals surface area contributed by atoms with Crippen LogP contribution in [0, 0.1) is 0 Å². The summed E-state index contributed by atoms with van der Waals surface area (Å²) in [6.07, 6.45) is 2.00. The van der Waals surface area contributed by atoms with Crippen LogP contribution >= 0.6 is 0 Å². The topological polar surface area (TPSA) is 33.7 Å².